The zero-order valence-electron chi connectivity index (χ0n) is 12.6. The van der Waals surface area contributed by atoms with Crippen molar-refractivity contribution < 1.29 is 14.6 Å². The van der Waals surface area contributed by atoms with E-state index in [9.17, 15) is 4.79 Å². The minimum atomic E-state index is -0.897. The van der Waals surface area contributed by atoms with Crippen LogP contribution in [0.2, 0.25) is 5.02 Å². The Morgan fingerprint density at radius 1 is 1.17 bits per heavy atom. The quantitative estimate of drug-likeness (QED) is 0.929. The summed E-state index contributed by atoms with van der Waals surface area (Å²) in [4.78, 5) is 13.2. The molecule has 1 heterocycles. The van der Waals surface area contributed by atoms with E-state index in [-0.39, 0.29) is 6.10 Å². The Balaban J connectivity index is 1.64. The maximum Gasteiger partial charge on any atom is 0.335 e. The Bertz CT molecular complexity index is 670. The third-order valence-corrected chi connectivity index (χ3v) is 4.25. The normalized spacial score (nSPS) is 18.7. The number of morpholine rings is 1. The van der Waals surface area contributed by atoms with Crippen molar-refractivity contribution in [1.82, 2.24) is 4.90 Å². The maximum atomic E-state index is 10.9. The van der Waals surface area contributed by atoms with Gasteiger partial charge in [-0.05, 0) is 35.4 Å². The highest BCUT2D eigenvalue weighted by Crippen LogP contribution is 2.24. The van der Waals surface area contributed by atoms with Gasteiger partial charge in [0.2, 0.25) is 0 Å². The molecule has 23 heavy (non-hydrogen) atoms. The molecule has 0 saturated carbocycles. The predicted octanol–water partition coefficient (Wildman–Crippen LogP) is 3.61. The summed E-state index contributed by atoms with van der Waals surface area (Å²) < 4.78 is 5.86. The SMILES string of the molecule is O=C(O)c1ccc(CN2CCO[C@H](c3ccc(Cl)cc3)C2)cc1. The largest absolute Gasteiger partial charge is 0.478 e. The third-order valence-electron chi connectivity index (χ3n) is 4.00. The van der Waals surface area contributed by atoms with Gasteiger partial charge in [0.15, 0.2) is 0 Å². The molecule has 120 valence electrons. The molecule has 0 unspecified atom stereocenters. The van der Waals surface area contributed by atoms with Crippen LogP contribution in [0.15, 0.2) is 48.5 Å². The molecule has 2 aromatic carbocycles. The second kappa shape index (κ2) is 7.13. The number of hydrogen-bond donors (Lipinski definition) is 1. The summed E-state index contributed by atoms with van der Waals surface area (Å²) in [7, 11) is 0. The summed E-state index contributed by atoms with van der Waals surface area (Å²) >= 11 is 5.93. The van der Waals surface area contributed by atoms with E-state index in [2.05, 4.69) is 4.90 Å². The number of aromatic carboxylic acids is 1. The van der Waals surface area contributed by atoms with Crippen LogP contribution in [0.25, 0.3) is 0 Å². The monoisotopic (exact) mass is 331 g/mol. The number of rotatable bonds is 4. The first-order valence-corrected chi connectivity index (χ1v) is 7.91. The molecule has 0 spiro atoms. The number of carboxylic acids is 1. The first-order valence-electron chi connectivity index (χ1n) is 7.53. The van der Waals surface area contributed by atoms with Crippen molar-refractivity contribution in [1.29, 1.82) is 0 Å². The second-order valence-electron chi connectivity index (χ2n) is 5.65. The fraction of sp³-hybridized carbons (Fsp3) is 0.278. The van der Waals surface area contributed by atoms with E-state index in [0.29, 0.717) is 12.2 Å². The molecule has 0 aromatic heterocycles. The molecule has 1 N–H and O–H groups in total. The van der Waals surface area contributed by atoms with Crippen LogP contribution in [0.5, 0.6) is 0 Å². The molecule has 0 bridgehead atoms. The van der Waals surface area contributed by atoms with Crippen LogP contribution in [0.1, 0.15) is 27.6 Å². The summed E-state index contributed by atoms with van der Waals surface area (Å²) in [6, 6.07) is 14.8. The summed E-state index contributed by atoms with van der Waals surface area (Å²) in [5.74, 6) is -0.897. The van der Waals surface area contributed by atoms with Crippen molar-refractivity contribution in [2.75, 3.05) is 19.7 Å². The van der Waals surface area contributed by atoms with Crippen LogP contribution in [0.4, 0.5) is 0 Å². The van der Waals surface area contributed by atoms with Crippen LogP contribution in [-0.4, -0.2) is 35.7 Å². The Labute approximate surface area is 140 Å². The fourth-order valence-corrected chi connectivity index (χ4v) is 2.86. The predicted molar refractivity (Wildman–Crippen MR) is 88.8 cm³/mol. The number of carboxylic acid groups (broad SMARTS) is 1. The van der Waals surface area contributed by atoms with E-state index in [1.165, 1.54) is 0 Å². The lowest BCUT2D eigenvalue weighted by atomic mass is 10.1. The Morgan fingerprint density at radius 2 is 1.87 bits per heavy atom. The molecule has 1 aliphatic rings. The topological polar surface area (TPSA) is 49.8 Å². The van der Waals surface area contributed by atoms with E-state index in [1.54, 1.807) is 12.1 Å². The number of carbonyl (C=O) groups is 1. The first kappa shape index (κ1) is 16.0. The van der Waals surface area contributed by atoms with Crippen molar-refractivity contribution in [2.24, 2.45) is 0 Å². The van der Waals surface area contributed by atoms with Gasteiger partial charge in [-0.25, -0.2) is 4.79 Å². The minimum Gasteiger partial charge on any atom is -0.478 e. The second-order valence-corrected chi connectivity index (χ2v) is 6.08. The summed E-state index contributed by atoms with van der Waals surface area (Å²) in [6.07, 6.45) is 0.0410. The standard InChI is InChI=1S/C18H18ClNO3/c19-16-7-5-14(6-8-16)17-12-20(9-10-23-17)11-13-1-3-15(4-2-13)18(21)22/h1-8,17H,9-12H2,(H,21,22)/t17-/m0/s1. The van der Waals surface area contributed by atoms with Crippen molar-refractivity contribution >= 4 is 17.6 Å². The Hall–Kier alpha value is -1.88. The van der Waals surface area contributed by atoms with Crippen LogP contribution in [0, 0.1) is 0 Å². The molecule has 0 amide bonds. The highest BCUT2D eigenvalue weighted by atomic mass is 35.5. The molecule has 4 nitrogen and oxygen atoms in total. The number of benzene rings is 2. The van der Waals surface area contributed by atoms with Crippen molar-refractivity contribution in [3.05, 3.63) is 70.2 Å². The lowest BCUT2D eigenvalue weighted by Gasteiger charge is -2.33. The smallest absolute Gasteiger partial charge is 0.335 e. The van der Waals surface area contributed by atoms with E-state index in [0.717, 1.165) is 35.8 Å². The molecular formula is C18H18ClNO3. The minimum absolute atomic E-state index is 0.0410. The summed E-state index contributed by atoms with van der Waals surface area (Å²) in [5, 5.41) is 9.66. The summed E-state index contributed by atoms with van der Waals surface area (Å²) in [5.41, 5.74) is 2.54. The molecule has 0 radical (unpaired) electrons. The van der Waals surface area contributed by atoms with Crippen LogP contribution < -0.4 is 0 Å². The molecular weight excluding hydrogens is 314 g/mol. The van der Waals surface area contributed by atoms with Crippen LogP contribution in [0.3, 0.4) is 0 Å². The fourth-order valence-electron chi connectivity index (χ4n) is 2.74. The van der Waals surface area contributed by atoms with E-state index < -0.39 is 5.97 Å². The average molecular weight is 332 g/mol. The van der Waals surface area contributed by atoms with Gasteiger partial charge in [-0.15, -0.1) is 0 Å². The van der Waals surface area contributed by atoms with Gasteiger partial charge >= 0.3 is 5.97 Å². The lowest BCUT2D eigenvalue weighted by Crippen LogP contribution is -2.37. The highest BCUT2D eigenvalue weighted by molar-refractivity contribution is 6.30. The molecule has 1 atom stereocenters. The van der Waals surface area contributed by atoms with Crippen molar-refractivity contribution in [3.63, 3.8) is 0 Å². The van der Waals surface area contributed by atoms with Gasteiger partial charge < -0.3 is 9.84 Å². The van der Waals surface area contributed by atoms with Crippen molar-refractivity contribution in [3.8, 4) is 0 Å². The first-order chi connectivity index (χ1) is 11.1. The third kappa shape index (κ3) is 4.10. The number of halogens is 1. The lowest BCUT2D eigenvalue weighted by molar-refractivity contribution is -0.0329. The Kier molecular flexibility index (Phi) is 4.96. The van der Waals surface area contributed by atoms with Gasteiger partial charge in [-0.1, -0.05) is 35.9 Å². The molecule has 2 aromatic rings. The van der Waals surface area contributed by atoms with Gasteiger partial charge in [0.05, 0.1) is 18.3 Å². The summed E-state index contributed by atoms with van der Waals surface area (Å²) in [6.45, 7) is 3.14. The number of nitrogens with zero attached hydrogens (tertiary/aromatic N) is 1. The molecule has 1 aliphatic heterocycles. The maximum absolute atomic E-state index is 10.9. The van der Waals surface area contributed by atoms with E-state index >= 15 is 0 Å². The van der Waals surface area contributed by atoms with E-state index in [1.807, 2.05) is 36.4 Å². The van der Waals surface area contributed by atoms with E-state index in [4.69, 9.17) is 21.4 Å². The number of hydrogen-bond acceptors (Lipinski definition) is 3. The average Bonchev–Trinajstić information content (AvgIpc) is 2.56. The Morgan fingerprint density at radius 3 is 2.52 bits per heavy atom. The zero-order valence-corrected chi connectivity index (χ0v) is 13.4. The van der Waals surface area contributed by atoms with Gasteiger partial charge in [0, 0.05) is 24.7 Å². The van der Waals surface area contributed by atoms with Gasteiger partial charge in [-0.2, -0.15) is 0 Å². The molecule has 3 rings (SSSR count). The van der Waals surface area contributed by atoms with Crippen molar-refractivity contribution in [2.45, 2.75) is 12.6 Å². The molecule has 5 heteroatoms. The molecule has 1 saturated heterocycles. The molecule has 1 fully saturated rings. The highest BCUT2D eigenvalue weighted by Gasteiger charge is 2.22. The number of ether oxygens (including phenoxy) is 1. The van der Waals surface area contributed by atoms with Crippen LogP contribution in [-0.2, 0) is 11.3 Å². The van der Waals surface area contributed by atoms with Gasteiger partial charge in [0.25, 0.3) is 0 Å². The van der Waals surface area contributed by atoms with Gasteiger partial charge in [-0.3, -0.25) is 4.90 Å². The zero-order chi connectivity index (χ0) is 16.2. The molecule has 0 aliphatic carbocycles. The van der Waals surface area contributed by atoms with Crippen LogP contribution >= 0.6 is 11.6 Å². The van der Waals surface area contributed by atoms with Gasteiger partial charge in [0.1, 0.15) is 0 Å².